The maximum Gasteiger partial charge on any atom is 0.146 e. The van der Waals surface area contributed by atoms with Crippen LogP contribution >= 0.6 is 15.9 Å². The second kappa shape index (κ2) is 2.78. The van der Waals surface area contributed by atoms with E-state index in [4.69, 9.17) is 4.74 Å². The molecule has 0 N–H and O–H groups in total. The van der Waals surface area contributed by atoms with Gasteiger partial charge in [0.2, 0.25) is 0 Å². The van der Waals surface area contributed by atoms with Crippen LogP contribution in [0.25, 0.3) is 0 Å². The Labute approximate surface area is 69.1 Å². The summed E-state index contributed by atoms with van der Waals surface area (Å²) in [5.41, 5.74) is -1.18. The predicted molar refractivity (Wildman–Crippen MR) is 42.0 cm³/mol. The molecule has 0 spiro atoms. The lowest BCUT2D eigenvalue weighted by Gasteiger charge is -2.13. The zero-order chi connectivity index (χ0) is 7.78. The van der Waals surface area contributed by atoms with Crippen LogP contribution in [0.5, 0.6) is 0 Å². The minimum absolute atomic E-state index is 0.0966. The fraction of sp³-hybridized carbons (Fsp3) is 1.00. The Morgan fingerprint density at radius 3 is 2.60 bits per heavy atom. The van der Waals surface area contributed by atoms with Crippen LogP contribution in [0.2, 0.25) is 0 Å². The molecule has 10 heavy (non-hydrogen) atoms. The predicted octanol–water partition coefficient (Wildman–Crippen LogP) is 2.63. The van der Waals surface area contributed by atoms with Gasteiger partial charge in [-0.15, -0.1) is 0 Å². The first-order valence-electron chi connectivity index (χ1n) is 3.54. The van der Waals surface area contributed by atoms with E-state index in [9.17, 15) is 4.39 Å². The average Bonchev–Trinajstić information content (AvgIpc) is 2.08. The second-order valence-corrected chi connectivity index (χ2v) is 3.80. The van der Waals surface area contributed by atoms with E-state index in [0.717, 1.165) is 6.42 Å². The van der Waals surface area contributed by atoms with Gasteiger partial charge in [0.15, 0.2) is 0 Å². The van der Waals surface area contributed by atoms with Gasteiger partial charge in [-0.05, 0) is 13.3 Å². The average molecular weight is 211 g/mol. The summed E-state index contributed by atoms with van der Waals surface area (Å²) >= 11 is 3.14. The number of alkyl halides is 2. The van der Waals surface area contributed by atoms with Crippen molar-refractivity contribution in [1.29, 1.82) is 0 Å². The fourth-order valence-corrected chi connectivity index (χ4v) is 1.63. The highest BCUT2D eigenvalue weighted by molar-refractivity contribution is 9.09. The summed E-state index contributed by atoms with van der Waals surface area (Å²) in [6.45, 7) is 3.58. The van der Waals surface area contributed by atoms with Crippen LogP contribution in [0.4, 0.5) is 4.39 Å². The van der Waals surface area contributed by atoms with E-state index in [0.29, 0.717) is 6.42 Å². The topological polar surface area (TPSA) is 9.23 Å². The molecule has 60 valence electrons. The molecular formula is C7H12BrFO. The van der Waals surface area contributed by atoms with Gasteiger partial charge in [0.05, 0.1) is 6.10 Å². The summed E-state index contributed by atoms with van der Waals surface area (Å²) in [5, 5.41) is -0.412. The van der Waals surface area contributed by atoms with E-state index >= 15 is 0 Å². The first-order chi connectivity index (χ1) is 4.56. The molecule has 0 aromatic rings. The van der Waals surface area contributed by atoms with Gasteiger partial charge in [-0.2, -0.15) is 0 Å². The standard InChI is InChI=1S/C7H12BrFO/c1-3-5-4-7(2,9)6(8)10-5/h5-6H,3-4H2,1-2H3/t5?,6?,7-/m1/s1. The van der Waals surface area contributed by atoms with Gasteiger partial charge < -0.3 is 4.74 Å². The Balaban J connectivity index is 2.53. The van der Waals surface area contributed by atoms with Crippen molar-refractivity contribution in [2.24, 2.45) is 0 Å². The molecule has 0 aromatic heterocycles. The number of rotatable bonds is 1. The molecule has 1 heterocycles. The van der Waals surface area contributed by atoms with E-state index in [1.165, 1.54) is 0 Å². The maximum atomic E-state index is 13.3. The smallest absolute Gasteiger partial charge is 0.146 e. The second-order valence-electron chi connectivity index (χ2n) is 2.96. The van der Waals surface area contributed by atoms with E-state index in [1.807, 2.05) is 6.92 Å². The van der Waals surface area contributed by atoms with Crippen LogP contribution in [0.3, 0.4) is 0 Å². The van der Waals surface area contributed by atoms with Gasteiger partial charge in [0, 0.05) is 6.42 Å². The van der Waals surface area contributed by atoms with E-state index < -0.39 is 10.7 Å². The van der Waals surface area contributed by atoms with Crippen molar-refractivity contribution in [2.45, 2.75) is 43.5 Å². The molecule has 1 rings (SSSR count). The Bertz CT molecular complexity index is 127. The summed E-state index contributed by atoms with van der Waals surface area (Å²) in [6.07, 6.45) is 1.50. The largest absolute Gasteiger partial charge is 0.360 e. The molecule has 3 heteroatoms. The lowest BCUT2D eigenvalue weighted by atomic mass is 10.0. The van der Waals surface area contributed by atoms with Crippen LogP contribution in [0, 0.1) is 0 Å². The molecule has 1 aliphatic rings. The highest BCUT2D eigenvalue weighted by atomic mass is 79.9. The Hall–Kier alpha value is 0.370. The first kappa shape index (κ1) is 8.47. The van der Waals surface area contributed by atoms with Crippen LogP contribution in [-0.4, -0.2) is 16.8 Å². The number of hydrogen-bond donors (Lipinski definition) is 0. The zero-order valence-electron chi connectivity index (χ0n) is 6.23. The van der Waals surface area contributed by atoms with Crippen molar-refractivity contribution in [3.63, 3.8) is 0 Å². The summed E-state index contributed by atoms with van der Waals surface area (Å²) < 4.78 is 18.5. The van der Waals surface area contributed by atoms with Crippen LogP contribution < -0.4 is 0 Å². The normalized spacial score (nSPS) is 48.0. The number of hydrogen-bond acceptors (Lipinski definition) is 1. The minimum Gasteiger partial charge on any atom is -0.360 e. The molecule has 1 nitrogen and oxygen atoms in total. The molecule has 3 atom stereocenters. The molecule has 1 saturated heterocycles. The van der Waals surface area contributed by atoms with Gasteiger partial charge >= 0.3 is 0 Å². The summed E-state index contributed by atoms with van der Waals surface area (Å²) in [5.74, 6) is 0. The van der Waals surface area contributed by atoms with Gasteiger partial charge in [0.25, 0.3) is 0 Å². The SMILES string of the molecule is CCC1C[C@@](C)(F)C(Br)O1. The molecular weight excluding hydrogens is 199 g/mol. The third-order valence-electron chi connectivity index (χ3n) is 1.87. The van der Waals surface area contributed by atoms with Crippen molar-refractivity contribution in [1.82, 2.24) is 0 Å². The first-order valence-corrected chi connectivity index (χ1v) is 4.46. The molecule has 0 radical (unpaired) electrons. The third kappa shape index (κ3) is 1.51. The Kier molecular flexibility index (Phi) is 2.35. The van der Waals surface area contributed by atoms with Gasteiger partial charge in [-0.1, -0.05) is 22.9 Å². The summed E-state index contributed by atoms with van der Waals surface area (Å²) in [4.78, 5) is 0. The molecule has 2 unspecified atom stereocenters. The summed E-state index contributed by atoms with van der Waals surface area (Å²) in [7, 11) is 0. The van der Waals surface area contributed by atoms with Gasteiger partial charge in [-0.3, -0.25) is 0 Å². The summed E-state index contributed by atoms with van der Waals surface area (Å²) in [6, 6.07) is 0. The van der Waals surface area contributed by atoms with Crippen LogP contribution in [0.1, 0.15) is 26.7 Å². The lowest BCUT2D eigenvalue weighted by molar-refractivity contribution is 0.0645. The van der Waals surface area contributed by atoms with Crippen LogP contribution in [-0.2, 0) is 4.74 Å². The molecule has 0 saturated carbocycles. The van der Waals surface area contributed by atoms with Crippen molar-refractivity contribution in [3.8, 4) is 0 Å². The Morgan fingerprint density at radius 2 is 2.40 bits per heavy atom. The lowest BCUT2D eigenvalue weighted by Crippen LogP contribution is -2.23. The number of halogens is 2. The highest BCUT2D eigenvalue weighted by Crippen LogP contribution is 2.37. The number of ether oxygens (including phenoxy) is 1. The van der Waals surface area contributed by atoms with Crippen molar-refractivity contribution in [3.05, 3.63) is 0 Å². The molecule has 0 aromatic carbocycles. The third-order valence-corrected chi connectivity index (χ3v) is 3.04. The molecule has 0 bridgehead atoms. The fourth-order valence-electron chi connectivity index (χ4n) is 1.14. The molecule has 0 amide bonds. The minimum atomic E-state index is -1.18. The quantitative estimate of drug-likeness (QED) is 0.606. The van der Waals surface area contributed by atoms with E-state index in [1.54, 1.807) is 6.92 Å². The van der Waals surface area contributed by atoms with Gasteiger partial charge in [-0.25, -0.2) is 4.39 Å². The zero-order valence-corrected chi connectivity index (χ0v) is 7.82. The maximum absolute atomic E-state index is 13.3. The van der Waals surface area contributed by atoms with Crippen molar-refractivity contribution >= 4 is 15.9 Å². The molecule has 1 aliphatic heterocycles. The molecule has 1 fully saturated rings. The van der Waals surface area contributed by atoms with Crippen molar-refractivity contribution in [2.75, 3.05) is 0 Å². The molecule has 0 aliphatic carbocycles. The van der Waals surface area contributed by atoms with E-state index in [2.05, 4.69) is 15.9 Å². The van der Waals surface area contributed by atoms with Crippen molar-refractivity contribution < 1.29 is 9.13 Å². The highest BCUT2D eigenvalue weighted by Gasteiger charge is 2.43. The van der Waals surface area contributed by atoms with Crippen LogP contribution in [0.15, 0.2) is 0 Å². The van der Waals surface area contributed by atoms with E-state index in [-0.39, 0.29) is 6.10 Å². The Morgan fingerprint density at radius 1 is 1.80 bits per heavy atom. The monoisotopic (exact) mass is 210 g/mol. The van der Waals surface area contributed by atoms with Gasteiger partial charge in [0.1, 0.15) is 10.7 Å².